The number of nitrogens with zero attached hydrogens (tertiary/aromatic N) is 4. The summed E-state index contributed by atoms with van der Waals surface area (Å²) in [5.74, 6) is 1.28. The second-order valence-corrected chi connectivity index (χ2v) is 12.9. The van der Waals surface area contributed by atoms with Gasteiger partial charge in [0.1, 0.15) is 11.3 Å². The summed E-state index contributed by atoms with van der Waals surface area (Å²) in [5.41, 5.74) is 2.13. The molecule has 9 heteroatoms. The Bertz CT molecular complexity index is 1530. The monoisotopic (exact) mass is 586 g/mol. The minimum absolute atomic E-state index is 0.0963. The maximum atomic E-state index is 13.8. The fourth-order valence-electron chi connectivity index (χ4n) is 7.21. The molecule has 2 aliphatic carbocycles. The van der Waals surface area contributed by atoms with E-state index in [2.05, 4.69) is 15.2 Å². The van der Waals surface area contributed by atoms with Crippen LogP contribution in [0.15, 0.2) is 39.9 Å². The maximum absolute atomic E-state index is 13.8. The van der Waals surface area contributed by atoms with Crippen molar-refractivity contribution >= 4 is 23.1 Å². The molecule has 3 fully saturated rings. The van der Waals surface area contributed by atoms with Gasteiger partial charge in [-0.3, -0.25) is 18.7 Å². The molecule has 3 aliphatic rings. The summed E-state index contributed by atoms with van der Waals surface area (Å²) in [5, 5.41) is 2.96. The van der Waals surface area contributed by atoms with E-state index in [1.54, 1.807) is 16.7 Å². The van der Waals surface area contributed by atoms with E-state index in [9.17, 15) is 14.4 Å². The molecule has 3 aromatic rings. The molecule has 1 saturated heterocycles. The number of hydrogen-bond acceptors (Lipinski definition) is 5. The quantitative estimate of drug-likeness (QED) is 0.328. The average molecular weight is 587 g/mol. The molecule has 2 aromatic heterocycles. The summed E-state index contributed by atoms with van der Waals surface area (Å²) in [7, 11) is 0. The summed E-state index contributed by atoms with van der Waals surface area (Å²) in [6.07, 6.45) is 17.4. The van der Waals surface area contributed by atoms with Crippen LogP contribution in [-0.4, -0.2) is 56.1 Å². The molecule has 9 nitrogen and oxygen atoms in total. The van der Waals surface area contributed by atoms with Crippen LogP contribution in [0.2, 0.25) is 0 Å². The third-order valence-electron chi connectivity index (χ3n) is 9.73. The Balaban J connectivity index is 1.22. The minimum atomic E-state index is -0.264. The van der Waals surface area contributed by atoms with Gasteiger partial charge in [0.25, 0.3) is 5.56 Å². The van der Waals surface area contributed by atoms with Crippen molar-refractivity contribution in [3.8, 4) is 11.4 Å². The molecular weight excluding hydrogens is 540 g/mol. The number of benzene rings is 1. The number of carbonyl (C=O) groups excluding carboxylic acids is 1. The van der Waals surface area contributed by atoms with Crippen molar-refractivity contribution in [1.29, 1.82) is 0 Å². The largest absolute Gasteiger partial charge is 0.351 e. The van der Waals surface area contributed by atoms with Gasteiger partial charge in [-0.2, -0.15) is 0 Å². The molecule has 0 radical (unpaired) electrons. The van der Waals surface area contributed by atoms with Crippen molar-refractivity contribution in [3.05, 3.63) is 56.7 Å². The first kappa shape index (κ1) is 29.6. The van der Waals surface area contributed by atoms with Crippen molar-refractivity contribution < 1.29 is 4.79 Å². The van der Waals surface area contributed by atoms with Crippen molar-refractivity contribution in [2.24, 2.45) is 11.8 Å². The van der Waals surface area contributed by atoms with Crippen LogP contribution in [0.1, 0.15) is 82.6 Å². The Labute approximate surface area is 253 Å². The predicted molar refractivity (Wildman–Crippen MR) is 171 cm³/mol. The second-order valence-electron chi connectivity index (χ2n) is 12.9. The number of likely N-dealkylation sites (tertiary alicyclic amines) is 1. The smallest absolute Gasteiger partial charge is 0.332 e. The zero-order valence-electron chi connectivity index (χ0n) is 25.4. The zero-order chi connectivity index (χ0) is 29.6. The van der Waals surface area contributed by atoms with E-state index in [4.69, 9.17) is 4.98 Å². The molecule has 1 aliphatic heterocycles. The molecular formula is C34H46N6O3. The van der Waals surface area contributed by atoms with E-state index in [0.717, 1.165) is 56.4 Å². The highest BCUT2D eigenvalue weighted by molar-refractivity contribution is 5.91. The average Bonchev–Trinajstić information content (AvgIpc) is 3.73. The number of aromatic nitrogens is 4. The number of imidazole rings is 1. The molecule has 0 spiro atoms. The number of hydrogen-bond donors (Lipinski definition) is 2. The lowest BCUT2D eigenvalue weighted by Crippen LogP contribution is -2.42. The number of amides is 1. The Morgan fingerprint density at radius 3 is 2.14 bits per heavy atom. The predicted octanol–water partition coefficient (Wildman–Crippen LogP) is 4.94. The van der Waals surface area contributed by atoms with Gasteiger partial charge in [0, 0.05) is 37.8 Å². The summed E-state index contributed by atoms with van der Waals surface area (Å²) in [4.78, 5) is 50.3. The van der Waals surface area contributed by atoms with Crippen LogP contribution < -0.4 is 16.6 Å². The summed E-state index contributed by atoms with van der Waals surface area (Å²) < 4.78 is 3.25. The Kier molecular flexibility index (Phi) is 9.56. The van der Waals surface area contributed by atoms with Gasteiger partial charge in [0.2, 0.25) is 5.91 Å². The van der Waals surface area contributed by atoms with Crippen LogP contribution in [-0.2, 0) is 17.9 Å². The maximum Gasteiger partial charge on any atom is 0.332 e. The molecule has 2 N–H and O–H groups in total. The van der Waals surface area contributed by atoms with E-state index in [-0.39, 0.29) is 17.2 Å². The van der Waals surface area contributed by atoms with Crippen molar-refractivity contribution in [2.45, 2.75) is 90.1 Å². The Morgan fingerprint density at radius 1 is 0.860 bits per heavy atom. The lowest BCUT2D eigenvalue weighted by Gasteiger charge is -2.24. The number of fused-ring (bicyclic) bond motifs is 1. The number of rotatable bonds is 10. The molecule has 6 rings (SSSR count). The lowest BCUT2D eigenvalue weighted by atomic mass is 9.89. The van der Waals surface area contributed by atoms with E-state index in [1.165, 1.54) is 55.9 Å². The molecule has 0 unspecified atom stereocenters. The van der Waals surface area contributed by atoms with Crippen LogP contribution in [0.25, 0.3) is 28.6 Å². The van der Waals surface area contributed by atoms with Crippen LogP contribution in [0.5, 0.6) is 0 Å². The SMILES string of the molecule is O=C(/C=C/c1ccc(-c2nc3c([nH]2)c(=O)n(CC2CCCCC2)c(=O)n3CC2CCCCC2)cc1)NCCN1CCCC1. The van der Waals surface area contributed by atoms with E-state index < -0.39 is 0 Å². The molecule has 1 amide bonds. The van der Waals surface area contributed by atoms with Crippen LogP contribution >= 0.6 is 0 Å². The molecule has 3 heterocycles. The van der Waals surface area contributed by atoms with E-state index in [0.29, 0.717) is 48.5 Å². The summed E-state index contributed by atoms with van der Waals surface area (Å²) in [6.45, 7) is 4.89. The molecule has 0 bridgehead atoms. The lowest BCUT2D eigenvalue weighted by molar-refractivity contribution is -0.116. The molecule has 2 saturated carbocycles. The molecule has 1 aromatic carbocycles. The third-order valence-corrected chi connectivity index (χ3v) is 9.73. The van der Waals surface area contributed by atoms with Gasteiger partial charge in [-0.1, -0.05) is 62.8 Å². The van der Waals surface area contributed by atoms with Gasteiger partial charge in [-0.15, -0.1) is 0 Å². The van der Waals surface area contributed by atoms with Gasteiger partial charge >= 0.3 is 5.69 Å². The standard InChI is InChI=1S/C34H46N6O3/c41-29(35-19-22-38-20-7-8-21-38)18-15-25-13-16-28(17-14-25)31-36-30-32(37-31)39(23-26-9-3-1-4-10-26)34(43)40(33(30)42)24-27-11-5-2-6-12-27/h13-18,26-27H,1-12,19-24H2,(H,35,41)(H,36,37)/b18-15+. The highest BCUT2D eigenvalue weighted by Crippen LogP contribution is 2.27. The fraction of sp³-hybridized carbons (Fsp3) is 0.588. The summed E-state index contributed by atoms with van der Waals surface area (Å²) in [6, 6.07) is 7.75. The van der Waals surface area contributed by atoms with E-state index >= 15 is 0 Å². The number of aromatic amines is 1. The van der Waals surface area contributed by atoms with Crippen LogP contribution in [0, 0.1) is 11.8 Å². The van der Waals surface area contributed by atoms with Crippen LogP contribution in [0.4, 0.5) is 0 Å². The number of nitrogens with one attached hydrogen (secondary N) is 2. The van der Waals surface area contributed by atoms with Gasteiger partial charge in [-0.25, -0.2) is 9.78 Å². The fourth-order valence-corrected chi connectivity index (χ4v) is 7.21. The first-order valence-corrected chi connectivity index (χ1v) is 16.6. The van der Waals surface area contributed by atoms with Crippen molar-refractivity contribution in [3.63, 3.8) is 0 Å². The van der Waals surface area contributed by atoms with E-state index in [1.807, 2.05) is 24.3 Å². The normalized spacial score (nSPS) is 19.1. The van der Waals surface area contributed by atoms with Crippen molar-refractivity contribution in [1.82, 2.24) is 29.3 Å². The molecule has 0 atom stereocenters. The van der Waals surface area contributed by atoms with Gasteiger partial charge in [0.05, 0.1) is 0 Å². The topological polar surface area (TPSA) is 105 Å². The first-order valence-electron chi connectivity index (χ1n) is 16.6. The zero-order valence-corrected chi connectivity index (χ0v) is 25.4. The number of H-pyrrole nitrogens is 1. The van der Waals surface area contributed by atoms with Crippen LogP contribution in [0.3, 0.4) is 0 Å². The first-order chi connectivity index (χ1) is 21.0. The minimum Gasteiger partial charge on any atom is -0.351 e. The highest BCUT2D eigenvalue weighted by atomic mass is 16.2. The Morgan fingerprint density at radius 2 is 1.49 bits per heavy atom. The van der Waals surface area contributed by atoms with Crippen molar-refractivity contribution in [2.75, 3.05) is 26.2 Å². The molecule has 43 heavy (non-hydrogen) atoms. The summed E-state index contributed by atoms with van der Waals surface area (Å²) >= 11 is 0. The molecule has 230 valence electrons. The highest BCUT2D eigenvalue weighted by Gasteiger charge is 2.24. The van der Waals surface area contributed by atoms with Gasteiger partial charge in [-0.05, 0) is 75.1 Å². The second kappa shape index (κ2) is 13.9. The van der Waals surface area contributed by atoms with Gasteiger partial charge in [0.15, 0.2) is 5.65 Å². The Hall–Kier alpha value is -3.46. The number of carbonyl (C=O) groups is 1. The van der Waals surface area contributed by atoms with Gasteiger partial charge < -0.3 is 15.2 Å². The third kappa shape index (κ3) is 7.20.